The summed E-state index contributed by atoms with van der Waals surface area (Å²) in [5.74, 6) is 0.807. The predicted molar refractivity (Wildman–Crippen MR) is 77.8 cm³/mol. The normalized spacial score (nSPS) is 10.3. The minimum Gasteiger partial charge on any atom is -0.496 e. The lowest BCUT2D eigenvalue weighted by Crippen LogP contribution is -2.04. The molecular weight excluding hydrogens is 256 g/mol. The summed E-state index contributed by atoms with van der Waals surface area (Å²) < 4.78 is 5.29. The zero-order valence-electron chi connectivity index (χ0n) is 11.2. The zero-order chi connectivity index (χ0) is 14.5. The fourth-order valence-corrected chi connectivity index (χ4v) is 2.08. The molecule has 0 saturated carbocycles. The first-order valence-electron chi connectivity index (χ1n) is 6.27. The van der Waals surface area contributed by atoms with E-state index in [1.807, 2.05) is 18.2 Å². The Hall–Kier alpha value is -2.40. The van der Waals surface area contributed by atoms with Crippen LogP contribution in [-0.4, -0.2) is 18.6 Å². The Morgan fingerprint density at radius 2 is 1.80 bits per heavy atom. The van der Waals surface area contributed by atoms with Crippen LogP contribution in [0.2, 0.25) is 0 Å². The Bertz CT molecular complexity index is 609. The average Bonchev–Trinajstić information content (AvgIpc) is 2.47. The molecule has 2 aromatic carbocycles. The monoisotopic (exact) mass is 272 g/mol. The van der Waals surface area contributed by atoms with E-state index < -0.39 is 4.92 Å². The zero-order valence-corrected chi connectivity index (χ0v) is 11.2. The lowest BCUT2D eigenvalue weighted by molar-refractivity contribution is -0.384. The Labute approximate surface area is 117 Å². The molecule has 2 rings (SSSR count). The number of nitro benzene ring substituents is 1. The predicted octanol–water partition coefficient (Wildman–Crippen LogP) is 2.77. The number of hydrogen-bond donors (Lipinski definition) is 1. The van der Waals surface area contributed by atoms with Crippen LogP contribution in [0.3, 0.4) is 0 Å². The first-order valence-corrected chi connectivity index (χ1v) is 6.27. The van der Waals surface area contributed by atoms with Crippen molar-refractivity contribution in [3.05, 3.63) is 58.1 Å². The minimum atomic E-state index is -0.405. The first-order chi connectivity index (χ1) is 9.65. The number of hydrogen-bond acceptors (Lipinski definition) is 4. The lowest BCUT2D eigenvalue weighted by Gasteiger charge is -2.10. The van der Waals surface area contributed by atoms with Crippen LogP contribution in [-0.2, 0) is 6.42 Å². The van der Waals surface area contributed by atoms with Crippen LogP contribution < -0.4 is 10.5 Å². The average molecular weight is 272 g/mol. The molecule has 0 saturated heterocycles. The molecule has 5 heteroatoms. The molecule has 0 unspecified atom stereocenters. The summed E-state index contributed by atoms with van der Waals surface area (Å²) in [6, 6.07) is 12.3. The highest BCUT2D eigenvalue weighted by atomic mass is 16.6. The van der Waals surface area contributed by atoms with Crippen molar-refractivity contribution in [2.75, 3.05) is 13.7 Å². The third kappa shape index (κ3) is 2.95. The summed E-state index contributed by atoms with van der Waals surface area (Å²) in [5, 5.41) is 10.6. The molecule has 0 aliphatic heterocycles. The van der Waals surface area contributed by atoms with Crippen LogP contribution in [0, 0.1) is 10.1 Å². The van der Waals surface area contributed by atoms with E-state index >= 15 is 0 Å². The van der Waals surface area contributed by atoms with Gasteiger partial charge in [-0.1, -0.05) is 6.07 Å². The summed E-state index contributed by atoms with van der Waals surface area (Å²) in [7, 11) is 1.63. The summed E-state index contributed by atoms with van der Waals surface area (Å²) in [6.45, 7) is 0.542. The number of methoxy groups -OCH3 is 1. The van der Waals surface area contributed by atoms with Crippen LogP contribution in [0.15, 0.2) is 42.5 Å². The van der Waals surface area contributed by atoms with Crippen molar-refractivity contribution >= 4 is 5.69 Å². The van der Waals surface area contributed by atoms with Gasteiger partial charge < -0.3 is 10.5 Å². The van der Waals surface area contributed by atoms with E-state index in [0.717, 1.165) is 28.9 Å². The van der Waals surface area contributed by atoms with E-state index in [-0.39, 0.29) is 5.69 Å². The number of ether oxygens (including phenoxy) is 1. The largest absolute Gasteiger partial charge is 0.496 e. The number of non-ortho nitro benzene ring substituents is 1. The molecule has 5 nitrogen and oxygen atoms in total. The molecule has 104 valence electrons. The van der Waals surface area contributed by atoms with Crippen molar-refractivity contribution in [3.63, 3.8) is 0 Å². The van der Waals surface area contributed by atoms with Crippen LogP contribution in [0.4, 0.5) is 5.69 Å². The maximum Gasteiger partial charge on any atom is 0.269 e. The van der Waals surface area contributed by atoms with Crippen LogP contribution in [0.1, 0.15) is 5.56 Å². The smallest absolute Gasteiger partial charge is 0.269 e. The molecule has 0 heterocycles. The van der Waals surface area contributed by atoms with Gasteiger partial charge in [0.05, 0.1) is 12.0 Å². The lowest BCUT2D eigenvalue weighted by atomic mass is 10.0. The molecule has 0 atom stereocenters. The van der Waals surface area contributed by atoms with Gasteiger partial charge in [-0.2, -0.15) is 0 Å². The molecular formula is C15H16N2O3. The van der Waals surface area contributed by atoms with Crippen LogP contribution in [0.5, 0.6) is 5.75 Å². The number of nitrogens with two attached hydrogens (primary N) is 1. The van der Waals surface area contributed by atoms with Gasteiger partial charge in [-0.3, -0.25) is 10.1 Å². The van der Waals surface area contributed by atoms with Crippen molar-refractivity contribution in [2.45, 2.75) is 6.42 Å². The second kappa shape index (κ2) is 6.16. The minimum absolute atomic E-state index is 0.0874. The second-order valence-electron chi connectivity index (χ2n) is 4.37. The summed E-state index contributed by atoms with van der Waals surface area (Å²) >= 11 is 0. The van der Waals surface area contributed by atoms with Gasteiger partial charge in [-0.15, -0.1) is 0 Å². The summed E-state index contributed by atoms with van der Waals surface area (Å²) in [6.07, 6.45) is 0.726. The van der Waals surface area contributed by atoms with E-state index in [0.29, 0.717) is 6.54 Å². The molecule has 20 heavy (non-hydrogen) atoms. The highest BCUT2D eigenvalue weighted by molar-refractivity contribution is 5.67. The third-order valence-corrected chi connectivity index (χ3v) is 3.11. The van der Waals surface area contributed by atoms with Crippen molar-refractivity contribution in [2.24, 2.45) is 5.73 Å². The SMILES string of the molecule is COc1ccc(-c2ccc([N+](=O)[O-])cc2)cc1CCN. The number of rotatable bonds is 5. The third-order valence-electron chi connectivity index (χ3n) is 3.11. The Kier molecular flexibility index (Phi) is 4.32. The van der Waals surface area contributed by atoms with Crippen LogP contribution in [0.25, 0.3) is 11.1 Å². The van der Waals surface area contributed by atoms with Gasteiger partial charge in [0.25, 0.3) is 5.69 Å². The van der Waals surface area contributed by atoms with Gasteiger partial charge in [0, 0.05) is 12.1 Å². The van der Waals surface area contributed by atoms with E-state index in [2.05, 4.69) is 0 Å². The fourth-order valence-electron chi connectivity index (χ4n) is 2.08. The van der Waals surface area contributed by atoms with Crippen LogP contribution >= 0.6 is 0 Å². The van der Waals surface area contributed by atoms with Gasteiger partial charge >= 0.3 is 0 Å². The van der Waals surface area contributed by atoms with E-state index in [4.69, 9.17) is 10.5 Å². The van der Waals surface area contributed by atoms with E-state index in [9.17, 15) is 10.1 Å². The molecule has 2 N–H and O–H groups in total. The quantitative estimate of drug-likeness (QED) is 0.670. The molecule has 0 aromatic heterocycles. The number of nitrogens with zero attached hydrogens (tertiary/aromatic N) is 1. The molecule has 0 spiro atoms. The highest BCUT2D eigenvalue weighted by Crippen LogP contribution is 2.28. The molecule has 0 fully saturated rings. The Balaban J connectivity index is 2.36. The molecule has 0 radical (unpaired) electrons. The molecule has 2 aromatic rings. The summed E-state index contributed by atoms with van der Waals surface area (Å²) in [4.78, 5) is 10.2. The van der Waals surface area contributed by atoms with Gasteiger partial charge in [-0.05, 0) is 53.9 Å². The Morgan fingerprint density at radius 1 is 1.15 bits per heavy atom. The van der Waals surface area contributed by atoms with E-state index in [1.54, 1.807) is 19.2 Å². The summed E-state index contributed by atoms with van der Waals surface area (Å²) in [5.41, 5.74) is 8.63. The number of benzene rings is 2. The van der Waals surface area contributed by atoms with Gasteiger partial charge in [0.2, 0.25) is 0 Å². The molecule has 0 amide bonds. The Morgan fingerprint density at radius 3 is 2.35 bits per heavy atom. The maximum absolute atomic E-state index is 10.6. The van der Waals surface area contributed by atoms with Crippen molar-refractivity contribution in [1.29, 1.82) is 0 Å². The molecule has 0 bridgehead atoms. The maximum atomic E-state index is 10.6. The topological polar surface area (TPSA) is 78.4 Å². The standard InChI is InChI=1S/C15H16N2O3/c1-20-15-7-4-12(10-13(15)8-9-16)11-2-5-14(6-3-11)17(18)19/h2-7,10H,8-9,16H2,1H3. The number of nitro groups is 1. The van der Waals surface area contributed by atoms with Crippen molar-refractivity contribution < 1.29 is 9.66 Å². The highest BCUT2D eigenvalue weighted by Gasteiger charge is 2.08. The van der Waals surface area contributed by atoms with Gasteiger partial charge in [-0.25, -0.2) is 0 Å². The molecule has 0 aliphatic rings. The van der Waals surface area contributed by atoms with Gasteiger partial charge in [0.15, 0.2) is 0 Å². The van der Waals surface area contributed by atoms with Crippen molar-refractivity contribution in [1.82, 2.24) is 0 Å². The second-order valence-corrected chi connectivity index (χ2v) is 4.37. The molecule has 0 aliphatic carbocycles. The van der Waals surface area contributed by atoms with E-state index in [1.165, 1.54) is 12.1 Å². The van der Waals surface area contributed by atoms with Crippen molar-refractivity contribution in [3.8, 4) is 16.9 Å². The van der Waals surface area contributed by atoms with Gasteiger partial charge in [0.1, 0.15) is 5.75 Å². The first kappa shape index (κ1) is 14.0. The fraction of sp³-hybridized carbons (Fsp3) is 0.200.